The third-order valence-electron chi connectivity index (χ3n) is 8.25. The third-order valence-corrected chi connectivity index (χ3v) is 8.25. The van der Waals surface area contributed by atoms with Crippen molar-refractivity contribution in [3.63, 3.8) is 0 Å². The zero-order chi connectivity index (χ0) is 22.8. The molecule has 5 rings (SSSR count). The quantitative estimate of drug-likeness (QED) is 0.351. The van der Waals surface area contributed by atoms with Crippen LogP contribution >= 0.6 is 0 Å². The summed E-state index contributed by atoms with van der Waals surface area (Å²) in [6.45, 7) is 7.07. The van der Waals surface area contributed by atoms with Gasteiger partial charge in [-0.3, -0.25) is 0 Å². The minimum Gasteiger partial charge on any atom is -0.393 e. The molecule has 3 aromatic rings. The van der Waals surface area contributed by atoms with E-state index in [2.05, 4.69) is 79.7 Å². The molecule has 1 N–H and O–H groups in total. The lowest BCUT2D eigenvalue weighted by atomic mass is 9.66. The molecule has 3 atom stereocenters. The van der Waals surface area contributed by atoms with Gasteiger partial charge in [-0.15, -0.1) is 0 Å². The molecule has 0 radical (unpaired) electrons. The van der Waals surface area contributed by atoms with E-state index in [1.807, 2.05) is 0 Å². The molecule has 0 heterocycles. The summed E-state index contributed by atoms with van der Waals surface area (Å²) in [6, 6.07) is 26.2. The Morgan fingerprint density at radius 1 is 0.939 bits per heavy atom. The van der Waals surface area contributed by atoms with Crippen molar-refractivity contribution < 1.29 is 5.11 Å². The van der Waals surface area contributed by atoms with E-state index in [4.69, 9.17) is 6.58 Å². The van der Waals surface area contributed by atoms with Crippen LogP contribution in [0.3, 0.4) is 0 Å². The van der Waals surface area contributed by atoms with Gasteiger partial charge in [0, 0.05) is 11.3 Å². The largest absolute Gasteiger partial charge is 0.393 e. The van der Waals surface area contributed by atoms with Crippen molar-refractivity contribution in [2.24, 2.45) is 11.3 Å². The van der Waals surface area contributed by atoms with Crippen LogP contribution in [-0.2, 0) is 0 Å². The second-order valence-corrected chi connectivity index (χ2v) is 10.0. The van der Waals surface area contributed by atoms with Crippen molar-refractivity contribution in [2.75, 3.05) is 0 Å². The lowest BCUT2D eigenvalue weighted by Crippen LogP contribution is -2.29. The van der Waals surface area contributed by atoms with Gasteiger partial charge < -0.3 is 5.11 Å². The molecule has 0 bridgehead atoms. The molecule has 33 heavy (non-hydrogen) atoms. The zero-order valence-corrected chi connectivity index (χ0v) is 19.9. The molecule has 0 amide bonds. The van der Waals surface area contributed by atoms with Crippen LogP contribution in [-0.4, -0.2) is 11.2 Å². The van der Waals surface area contributed by atoms with Gasteiger partial charge in [-0.2, -0.15) is 0 Å². The molecule has 2 aliphatic rings. The van der Waals surface area contributed by atoms with Gasteiger partial charge in [-0.1, -0.05) is 111 Å². The molecule has 170 valence electrons. The summed E-state index contributed by atoms with van der Waals surface area (Å²) in [5.41, 5.74) is 6.60. The molecule has 1 heteroatoms. The summed E-state index contributed by atoms with van der Waals surface area (Å²) < 4.78 is 0. The Hall–Kier alpha value is -2.64. The van der Waals surface area contributed by atoms with E-state index in [0.29, 0.717) is 0 Å². The van der Waals surface area contributed by atoms with E-state index in [-0.39, 0.29) is 17.4 Å². The van der Waals surface area contributed by atoms with E-state index in [1.165, 1.54) is 58.7 Å². The van der Waals surface area contributed by atoms with Crippen molar-refractivity contribution in [3.8, 4) is 0 Å². The Kier molecular flexibility index (Phi) is 6.25. The Balaban J connectivity index is 1.66. The van der Waals surface area contributed by atoms with Crippen LogP contribution in [0.4, 0.5) is 0 Å². The van der Waals surface area contributed by atoms with Gasteiger partial charge in [0.2, 0.25) is 0 Å². The number of aliphatic hydroxyl groups excluding tert-OH is 1. The fourth-order valence-electron chi connectivity index (χ4n) is 6.71. The van der Waals surface area contributed by atoms with Gasteiger partial charge in [0.25, 0.3) is 0 Å². The Morgan fingerprint density at radius 2 is 1.70 bits per heavy atom. The van der Waals surface area contributed by atoms with Crippen LogP contribution in [0.1, 0.15) is 69.4 Å². The molecule has 0 aromatic heterocycles. The van der Waals surface area contributed by atoms with E-state index >= 15 is 0 Å². The first kappa shape index (κ1) is 22.2. The molecule has 3 unspecified atom stereocenters. The molecule has 1 fully saturated rings. The molecule has 1 saturated carbocycles. The van der Waals surface area contributed by atoms with Gasteiger partial charge in [-0.25, -0.2) is 0 Å². The average Bonchev–Trinajstić information content (AvgIpc) is 3.36. The molecular formula is C32H36O. The molecule has 3 aromatic carbocycles. The molecule has 0 aliphatic heterocycles. The summed E-state index contributed by atoms with van der Waals surface area (Å²) in [4.78, 5) is 0. The molecule has 0 spiro atoms. The summed E-state index contributed by atoms with van der Waals surface area (Å²) in [5.74, 6) is 0.223. The SMILES string of the molecule is C=C(c1cccc2ccccc12)C12CCC(O)C1CC(CCCCCC)=C2c1ccccc1. The number of fused-ring (bicyclic) bond motifs is 2. The highest BCUT2D eigenvalue weighted by atomic mass is 16.3. The maximum Gasteiger partial charge on any atom is 0.0583 e. The van der Waals surface area contributed by atoms with Crippen LogP contribution < -0.4 is 0 Å². The van der Waals surface area contributed by atoms with E-state index in [0.717, 1.165) is 25.7 Å². The van der Waals surface area contributed by atoms with Gasteiger partial charge in [0.1, 0.15) is 0 Å². The third kappa shape index (κ3) is 3.77. The van der Waals surface area contributed by atoms with Crippen molar-refractivity contribution in [1.29, 1.82) is 0 Å². The van der Waals surface area contributed by atoms with E-state index in [1.54, 1.807) is 5.57 Å². The normalized spacial score (nSPS) is 24.4. The zero-order valence-electron chi connectivity index (χ0n) is 19.9. The summed E-state index contributed by atoms with van der Waals surface area (Å²) in [5, 5.41) is 13.7. The van der Waals surface area contributed by atoms with E-state index < -0.39 is 0 Å². The number of unbranched alkanes of at least 4 members (excludes halogenated alkanes) is 3. The first-order valence-corrected chi connectivity index (χ1v) is 12.8. The number of rotatable bonds is 8. The Morgan fingerprint density at radius 3 is 2.52 bits per heavy atom. The summed E-state index contributed by atoms with van der Waals surface area (Å²) >= 11 is 0. The maximum absolute atomic E-state index is 11.2. The maximum atomic E-state index is 11.2. The predicted molar refractivity (Wildman–Crippen MR) is 141 cm³/mol. The fourth-order valence-corrected chi connectivity index (χ4v) is 6.71. The lowest BCUT2D eigenvalue weighted by molar-refractivity contribution is 0.120. The highest BCUT2D eigenvalue weighted by Crippen LogP contribution is 2.66. The van der Waals surface area contributed by atoms with Crippen LogP contribution in [0.25, 0.3) is 21.9 Å². The average molecular weight is 437 g/mol. The van der Waals surface area contributed by atoms with Crippen molar-refractivity contribution in [1.82, 2.24) is 0 Å². The number of hydrogen-bond acceptors (Lipinski definition) is 1. The Bertz CT molecular complexity index is 1170. The first-order chi connectivity index (χ1) is 16.2. The monoisotopic (exact) mass is 436 g/mol. The first-order valence-electron chi connectivity index (χ1n) is 12.8. The van der Waals surface area contributed by atoms with Crippen LogP contribution in [0.15, 0.2) is 84.9 Å². The second kappa shape index (κ2) is 9.31. The smallest absolute Gasteiger partial charge is 0.0583 e. The summed E-state index contributed by atoms with van der Waals surface area (Å²) in [6.07, 6.45) is 8.79. The van der Waals surface area contributed by atoms with Gasteiger partial charge >= 0.3 is 0 Å². The lowest BCUT2D eigenvalue weighted by Gasteiger charge is -2.37. The molecular weight excluding hydrogens is 400 g/mol. The minimum absolute atomic E-state index is 0.189. The van der Waals surface area contributed by atoms with Gasteiger partial charge in [0.15, 0.2) is 0 Å². The highest BCUT2D eigenvalue weighted by Gasteiger charge is 2.56. The van der Waals surface area contributed by atoms with Crippen molar-refractivity contribution in [3.05, 3.63) is 96.1 Å². The summed E-state index contributed by atoms with van der Waals surface area (Å²) in [7, 11) is 0. The fraction of sp³-hybridized carbons (Fsp3) is 0.375. The topological polar surface area (TPSA) is 20.2 Å². The number of aliphatic hydroxyl groups is 1. The number of hydrogen-bond donors (Lipinski definition) is 1. The van der Waals surface area contributed by atoms with Crippen LogP contribution in [0.5, 0.6) is 0 Å². The second-order valence-electron chi connectivity index (χ2n) is 10.0. The predicted octanol–water partition coefficient (Wildman–Crippen LogP) is 8.44. The molecule has 0 saturated heterocycles. The number of benzene rings is 3. The van der Waals surface area contributed by atoms with E-state index in [9.17, 15) is 5.11 Å². The Labute approximate surface area is 198 Å². The van der Waals surface area contributed by atoms with Crippen molar-refractivity contribution >= 4 is 21.9 Å². The molecule has 2 aliphatic carbocycles. The molecule has 1 nitrogen and oxygen atoms in total. The van der Waals surface area contributed by atoms with Crippen LogP contribution in [0, 0.1) is 11.3 Å². The van der Waals surface area contributed by atoms with Gasteiger partial charge in [0.05, 0.1) is 6.10 Å². The van der Waals surface area contributed by atoms with Gasteiger partial charge in [-0.05, 0) is 65.1 Å². The minimum atomic E-state index is -0.261. The number of allylic oxidation sites excluding steroid dienone is 3. The van der Waals surface area contributed by atoms with Crippen molar-refractivity contribution in [2.45, 2.75) is 64.4 Å². The highest BCUT2D eigenvalue weighted by molar-refractivity contribution is 5.99. The van der Waals surface area contributed by atoms with Crippen LogP contribution in [0.2, 0.25) is 0 Å². The standard InChI is InChI=1S/C32H36O/c1-3-4-5-7-16-26-22-29-30(33)20-21-32(29,31(26)25-14-8-6-9-15-25)23(2)27-19-12-17-24-13-10-11-18-28(24)27/h6,8-15,17-19,29-30,33H,2-5,7,16,20-22H2,1H3.